The fourth-order valence-electron chi connectivity index (χ4n) is 3.10. The zero-order valence-corrected chi connectivity index (χ0v) is 14.0. The molecule has 1 aliphatic rings. The van der Waals surface area contributed by atoms with Gasteiger partial charge in [-0.15, -0.1) is 0 Å². The molecule has 25 heavy (non-hydrogen) atoms. The average molecular weight is 342 g/mol. The minimum Gasteiger partial charge on any atom is -0.481 e. The number of hydrogen-bond acceptors (Lipinski definition) is 3. The first kappa shape index (κ1) is 17.0. The smallest absolute Gasteiger partial charge is 0.317 e. The zero-order valence-electron chi connectivity index (χ0n) is 14.0. The van der Waals surface area contributed by atoms with E-state index >= 15 is 0 Å². The van der Waals surface area contributed by atoms with Crippen molar-refractivity contribution >= 4 is 12.0 Å². The van der Waals surface area contributed by atoms with Crippen LogP contribution in [0.25, 0.3) is 0 Å². The molecule has 2 amide bonds. The summed E-state index contributed by atoms with van der Waals surface area (Å²) in [5.41, 5.74) is 2.12. The van der Waals surface area contributed by atoms with Crippen LogP contribution in [0.5, 0.6) is 0 Å². The quantitative estimate of drug-likeness (QED) is 0.869. The first-order chi connectivity index (χ1) is 12.1. The van der Waals surface area contributed by atoms with Gasteiger partial charge >= 0.3 is 12.0 Å². The molecule has 1 unspecified atom stereocenters. The van der Waals surface area contributed by atoms with Gasteiger partial charge in [0.1, 0.15) is 0 Å². The fraction of sp³-hybridized carbons (Fsp3) is 0.389. The molecule has 1 saturated heterocycles. The first-order valence-electron chi connectivity index (χ1n) is 8.43. The van der Waals surface area contributed by atoms with Crippen molar-refractivity contribution in [1.29, 1.82) is 0 Å². The van der Waals surface area contributed by atoms with E-state index in [9.17, 15) is 9.59 Å². The summed E-state index contributed by atoms with van der Waals surface area (Å²) in [4.78, 5) is 25.1. The molecule has 2 heterocycles. The van der Waals surface area contributed by atoms with Crippen LogP contribution in [0.1, 0.15) is 24.0 Å². The highest BCUT2D eigenvalue weighted by Gasteiger charge is 2.27. The predicted molar refractivity (Wildman–Crippen MR) is 91.9 cm³/mol. The number of likely N-dealkylation sites (tertiary alicyclic amines) is 1. The second-order valence-electron chi connectivity index (χ2n) is 6.25. The molecule has 0 radical (unpaired) electrons. The van der Waals surface area contributed by atoms with E-state index in [-0.39, 0.29) is 12.6 Å². The lowest BCUT2D eigenvalue weighted by Crippen LogP contribution is -2.46. The van der Waals surface area contributed by atoms with Crippen molar-refractivity contribution in [1.82, 2.24) is 20.0 Å². The number of carboxylic acids is 1. The fourth-order valence-corrected chi connectivity index (χ4v) is 3.10. The maximum Gasteiger partial charge on any atom is 0.317 e. The van der Waals surface area contributed by atoms with Crippen molar-refractivity contribution in [3.63, 3.8) is 0 Å². The minimum absolute atomic E-state index is 0.208. The van der Waals surface area contributed by atoms with Crippen molar-refractivity contribution in [2.24, 2.45) is 5.92 Å². The summed E-state index contributed by atoms with van der Waals surface area (Å²) in [5.74, 6) is -1.30. The molecule has 2 aromatic rings. The second kappa shape index (κ2) is 7.83. The Balaban J connectivity index is 1.59. The molecule has 1 atom stereocenters. The summed E-state index contributed by atoms with van der Waals surface area (Å²) in [6, 6.07) is 9.57. The van der Waals surface area contributed by atoms with Gasteiger partial charge in [-0.1, -0.05) is 24.3 Å². The van der Waals surface area contributed by atoms with E-state index in [0.717, 1.165) is 17.5 Å². The van der Waals surface area contributed by atoms with Crippen LogP contribution in [0.4, 0.5) is 4.79 Å². The van der Waals surface area contributed by atoms with Crippen molar-refractivity contribution in [2.75, 3.05) is 13.1 Å². The standard InChI is InChI=1S/C18H22N4O3/c23-17(24)16-7-3-9-21(12-16)18(25)19-11-14-5-1-2-6-15(14)13-22-10-4-8-20-22/h1-2,4-6,8,10,16H,3,7,9,11-13H2,(H,19,25)(H,23,24). The van der Waals surface area contributed by atoms with E-state index in [2.05, 4.69) is 10.4 Å². The van der Waals surface area contributed by atoms with E-state index in [1.165, 1.54) is 0 Å². The lowest BCUT2D eigenvalue weighted by molar-refractivity contribution is -0.143. The Morgan fingerprint density at radius 3 is 2.76 bits per heavy atom. The molecule has 0 spiro atoms. The number of aliphatic carboxylic acids is 1. The van der Waals surface area contributed by atoms with E-state index in [0.29, 0.717) is 26.1 Å². The Morgan fingerprint density at radius 2 is 2.04 bits per heavy atom. The number of nitrogens with zero attached hydrogens (tertiary/aromatic N) is 3. The van der Waals surface area contributed by atoms with Gasteiger partial charge < -0.3 is 15.3 Å². The monoisotopic (exact) mass is 342 g/mol. The Kier molecular flexibility index (Phi) is 5.33. The highest BCUT2D eigenvalue weighted by Crippen LogP contribution is 2.17. The number of carbonyl (C=O) groups excluding carboxylic acids is 1. The van der Waals surface area contributed by atoms with Crippen LogP contribution in [0, 0.1) is 5.92 Å². The van der Waals surface area contributed by atoms with E-state index < -0.39 is 11.9 Å². The molecular formula is C18H22N4O3. The van der Waals surface area contributed by atoms with Crippen LogP contribution in [0.3, 0.4) is 0 Å². The van der Waals surface area contributed by atoms with Crippen molar-refractivity contribution < 1.29 is 14.7 Å². The normalized spacial score (nSPS) is 17.3. The molecule has 0 aliphatic carbocycles. The third kappa shape index (κ3) is 4.37. The molecule has 3 rings (SSSR count). The van der Waals surface area contributed by atoms with Crippen LogP contribution in [0.2, 0.25) is 0 Å². The third-order valence-corrected chi connectivity index (χ3v) is 4.50. The maximum atomic E-state index is 12.4. The highest BCUT2D eigenvalue weighted by molar-refractivity contribution is 5.76. The van der Waals surface area contributed by atoms with Gasteiger partial charge in [-0.05, 0) is 30.0 Å². The molecule has 7 nitrogen and oxygen atoms in total. The van der Waals surface area contributed by atoms with Crippen LogP contribution in [-0.4, -0.2) is 44.9 Å². The first-order valence-corrected chi connectivity index (χ1v) is 8.43. The van der Waals surface area contributed by atoms with Crippen LogP contribution in [-0.2, 0) is 17.9 Å². The molecular weight excluding hydrogens is 320 g/mol. The molecule has 0 bridgehead atoms. The molecule has 0 saturated carbocycles. The number of carboxylic acid groups (broad SMARTS) is 1. The lowest BCUT2D eigenvalue weighted by atomic mass is 9.99. The summed E-state index contributed by atoms with van der Waals surface area (Å²) in [7, 11) is 0. The van der Waals surface area contributed by atoms with Gasteiger partial charge in [-0.2, -0.15) is 5.10 Å². The van der Waals surface area contributed by atoms with E-state index in [1.807, 2.05) is 41.2 Å². The summed E-state index contributed by atoms with van der Waals surface area (Å²) in [5, 5.41) is 16.3. The highest BCUT2D eigenvalue weighted by atomic mass is 16.4. The number of benzene rings is 1. The van der Waals surface area contributed by atoms with Gasteiger partial charge in [-0.25, -0.2) is 4.79 Å². The van der Waals surface area contributed by atoms with Gasteiger partial charge in [0.05, 0.1) is 12.5 Å². The molecule has 2 N–H and O–H groups in total. The van der Waals surface area contributed by atoms with Crippen LogP contribution < -0.4 is 5.32 Å². The topological polar surface area (TPSA) is 87.5 Å². The van der Waals surface area contributed by atoms with Crippen molar-refractivity contribution in [2.45, 2.75) is 25.9 Å². The minimum atomic E-state index is -0.831. The summed E-state index contributed by atoms with van der Waals surface area (Å²) in [6.07, 6.45) is 4.99. The maximum absolute atomic E-state index is 12.4. The third-order valence-electron chi connectivity index (χ3n) is 4.50. The van der Waals surface area contributed by atoms with Crippen molar-refractivity contribution in [3.05, 3.63) is 53.9 Å². The second-order valence-corrected chi connectivity index (χ2v) is 6.25. The summed E-state index contributed by atoms with van der Waals surface area (Å²) in [6.45, 7) is 1.93. The Bertz CT molecular complexity index is 730. The molecule has 1 aromatic heterocycles. The average Bonchev–Trinajstić information content (AvgIpc) is 3.14. The number of piperidine rings is 1. The number of urea groups is 1. The Morgan fingerprint density at radius 1 is 1.24 bits per heavy atom. The zero-order chi connectivity index (χ0) is 17.6. The summed E-state index contributed by atoms with van der Waals surface area (Å²) < 4.78 is 1.84. The molecule has 1 fully saturated rings. The molecule has 7 heteroatoms. The number of nitrogens with one attached hydrogen (secondary N) is 1. The van der Waals surface area contributed by atoms with Crippen molar-refractivity contribution in [3.8, 4) is 0 Å². The molecule has 1 aromatic carbocycles. The van der Waals surface area contributed by atoms with Gasteiger partial charge in [-0.3, -0.25) is 9.48 Å². The largest absolute Gasteiger partial charge is 0.481 e. The number of carbonyl (C=O) groups is 2. The number of rotatable bonds is 5. The van der Waals surface area contributed by atoms with Crippen LogP contribution >= 0.6 is 0 Å². The van der Waals surface area contributed by atoms with Gasteiger partial charge in [0.25, 0.3) is 0 Å². The summed E-state index contributed by atoms with van der Waals surface area (Å²) >= 11 is 0. The van der Waals surface area contributed by atoms with E-state index in [4.69, 9.17) is 5.11 Å². The van der Waals surface area contributed by atoms with E-state index in [1.54, 1.807) is 11.1 Å². The Hall–Kier alpha value is -2.83. The Labute approximate surface area is 146 Å². The molecule has 1 aliphatic heterocycles. The number of aromatic nitrogens is 2. The SMILES string of the molecule is O=C(O)C1CCCN(C(=O)NCc2ccccc2Cn2cccn2)C1. The number of amides is 2. The number of hydrogen-bond donors (Lipinski definition) is 2. The molecule has 132 valence electrons. The van der Waals surface area contributed by atoms with Gasteiger partial charge in [0, 0.05) is 32.0 Å². The lowest BCUT2D eigenvalue weighted by Gasteiger charge is -2.30. The van der Waals surface area contributed by atoms with Gasteiger partial charge in [0.2, 0.25) is 0 Å². The van der Waals surface area contributed by atoms with Crippen LogP contribution in [0.15, 0.2) is 42.7 Å². The predicted octanol–water partition coefficient (Wildman–Crippen LogP) is 1.94. The van der Waals surface area contributed by atoms with Gasteiger partial charge in [0.15, 0.2) is 0 Å².